The van der Waals surface area contributed by atoms with E-state index in [1.807, 2.05) is 24.3 Å². The van der Waals surface area contributed by atoms with Gasteiger partial charge in [0.1, 0.15) is 11.9 Å². The summed E-state index contributed by atoms with van der Waals surface area (Å²) in [6, 6.07) is 21.2. The molecular weight excluding hydrogens is 383 g/mol. The summed E-state index contributed by atoms with van der Waals surface area (Å²) in [5.41, 5.74) is 7.89. The quantitative estimate of drug-likeness (QED) is 0.519. The van der Waals surface area contributed by atoms with Crippen LogP contribution in [0.4, 0.5) is 4.39 Å². The van der Waals surface area contributed by atoms with Gasteiger partial charge in [-0.3, -0.25) is 14.3 Å². The number of aromatic nitrogens is 2. The number of halogens is 1. The van der Waals surface area contributed by atoms with Crippen molar-refractivity contribution < 1.29 is 14.0 Å². The van der Waals surface area contributed by atoms with E-state index in [2.05, 4.69) is 10.4 Å². The van der Waals surface area contributed by atoms with Gasteiger partial charge in [0, 0.05) is 5.39 Å². The molecule has 2 amide bonds. The largest absolute Gasteiger partial charge is 0.368 e. The van der Waals surface area contributed by atoms with Crippen LogP contribution in [-0.4, -0.2) is 21.6 Å². The van der Waals surface area contributed by atoms with Gasteiger partial charge in [-0.15, -0.1) is 0 Å². The number of carbonyl (C=O) groups is 2. The molecule has 0 aliphatic rings. The highest BCUT2D eigenvalue weighted by atomic mass is 19.1. The Kier molecular flexibility index (Phi) is 5.26. The van der Waals surface area contributed by atoms with Gasteiger partial charge in [0.25, 0.3) is 5.91 Å². The number of para-hydroxylation sites is 1. The molecule has 0 aliphatic heterocycles. The van der Waals surface area contributed by atoms with Crippen molar-refractivity contribution in [2.75, 3.05) is 0 Å². The Hall–Kier alpha value is -4.00. The van der Waals surface area contributed by atoms with Gasteiger partial charge in [-0.05, 0) is 29.3 Å². The maximum absolute atomic E-state index is 13.2. The van der Waals surface area contributed by atoms with Crippen molar-refractivity contribution in [1.29, 1.82) is 0 Å². The van der Waals surface area contributed by atoms with Crippen molar-refractivity contribution >= 4 is 22.7 Å². The molecule has 6 nitrogen and oxygen atoms in total. The maximum Gasteiger partial charge on any atom is 0.273 e. The molecule has 1 atom stereocenters. The highest BCUT2D eigenvalue weighted by Crippen LogP contribution is 2.21. The van der Waals surface area contributed by atoms with Gasteiger partial charge in [0.05, 0.1) is 12.1 Å². The van der Waals surface area contributed by atoms with Crippen LogP contribution >= 0.6 is 0 Å². The van der Waals surface area contributed by atoms with Crippen LogP contribution in [-0.2, 0) is 11.3 Å². The molecule has 150 valence electrons. The number of nitrogens with two attached hydrogens (primary N) is 1. The van der Waals surface area contributed by atoms with Crippen molar-refractivity contribution in [1.82, 2.24) is 15.1 Å². The predicted molar refractivity (Wildman–Crippen MR) is 111 cm³/mol. The van der Waals surface area contributed by atoms with E-state index in [1.54, 1.807) is 47.1 Å². The minimum Gasteiger partial charge on any atom is -0.368 e. The van der Waals surface area contributed by atoms with E-state index in [0.29, 0.717) is 17.5 Å². The number of fused-ring (bicyclic) bond motifs is 1. The van der Waals surface area contributed by atoms with Gasteiger partial charge in [0.2, 0.25) is 5.91 Å². The fourth-order valence-electron chi connectivity index (χ4n) is 3.34. The van der Waals surface area contributed by atoms with Crippen LogP contribution < -0.4 is 11.1 Å². The average Bonchev–Trinajstić information content (AvgIpc) is 3.12. The lowest BCUT2D eigenvalue weighted by Gasteiger charge is -2.15. The van der Waals surface area contributed by atoms with E-state index in [4.69, 9.17) is 5.73 Å². The Morgan fingerprint density at radius 2 is 1.63 bits per heavy atom. The van der Waals surface area contributed by atoms with E-state index < -0.39 is 17.9 Å². The monoisotopic (exact) mass is 402 g/mol. The zero-order valence-electron chi connectivity index (χ0n) is 16.0. The Morgan fingerprint density at radius 1 is 0.967 bits per heavy atom. The number of benzene rings is 3. The summed E-state index contributed by atoms with van der Waals surface area (Å²) >= 11 is 0. The van der Waals surface area contributed by atoms with Crippen molar-refractivity contribution in [3.8, 4) is 0 Å². The van der Waals surface area contributed by atoms with Crippen LogP contribution in [0, 0.1) is 5.82 Å². The molecule has 7 heteroatoms. The molecular formula is C23H19FN4O2. The topological polar surface area (TPSA) is 90.0 Å². The van der Waals surface area contributed by atoms with E-state index in [1.165, 1.54) is 12.1 Å². The summed E-state index contributed by atoms with van der Waals surface area (Å²) in [5, 5.41) is 7.81. The average molecular weight is 402 g/mol. The standard InChI is InChI=1S/C23H19FN4O2/c24-17-12-10-15(11-13-17)14-28-19-9-5-4-8-18(19)21(27-28)23(30)26-20(22(25)29)16-6-2-1-3-7-16/h1-13,20H,14H2,(H2,25,29)(H,26,30). The highest BCUT2D eigenvalue weighted by Gasteiger charge is 2.24. The molecule has 0 bridgehead atoms. The molecule has 4 rings (SSSR count). The second-order valence-corrected chi connectivity index (χ2v) is 6.87. The molecule has 1 aromatic heterocycles. The van der Waals surface area contributed by atoms with Crippen LogP contribution in [0.15, 0.2) is 78.9 Å². The van der Waals surface area contributed by atoms with Crippen LogP contribution in [0.1, 0.15) is 27.7 Å². The van der Waals surface area contributed by atoms with E-state index in [-0.39, 0.29) is 11.5 Å². The second kappa shape index (κ2) is 8.16. The van der Waals surface area contributed by atoms with Crippen LogP contribution in [0.25, 0.3) is 10.9 Å². The van der Waals surface area contributed by atoms with Gasteiger partial charge in [-0.2, -0.15) is 5.10 Å². The van der Waals surface area contributed by atoms with Crippen LogP contribution in [0.3, 0.4) is 0 Å². The normalized spacial score (nSPS) is 11.9. The summed E-state index contributed by atoms with van der Waals surface area (Å²) in [4.78, 5) is 25.0. The number of rotatable bonds is 6. The summed E-state index contributed by atoms with van der Waals surface area (Å²) in [6.45, 7) is 0.367. The molecule has 3 aromatic carbocycles. The lowest BCUT2D eigenvalue weighted by molar-refractivity contribution is -0.120. The molecule has 1 heterocycles. The molecule has 0 spiro atoms. The first-order valence-electron chi connectivity index (χ1n) is 9.38. The Labute approximate surface area is 172 Å². The third kappa shape index (κ3) is 3.91. The molecule has 30 heavy (non-hydrogen) atoms. The number of nitrogens with zero attached hydrogens (tertiary/aromatic N) is 2. The molecule has 4 aromatic rings. The van der Waals surface area contributed by atoms with Gasteiger partial charge in [-0.1, -0.05) is 60.7 Å². The second-order valence-electron chi connectivity index (χ2n) is 6.87. The van der Waals surface area contributed by atoms with Gasteiger partial charge >= 0.3 is 0 Å². The number of hydrogen-bond donors (Lipinski definition) is 2. The number of primary amides is 1. The van der Waals surface area contributed by atoms with Gasteiger partial charge in [-0.25, -0.2) is 4.39 Å². The number of nitrogens with one attached hydrogen (secondary N) is 1. The molecule has 0 radical (unpaired) electrons. The fourth-order valence-corrected chi connectivity index (χ4v) is 3.34. The zero-order chi connectivity index (χ0) is 21.1. The molecule has 0 fully saturated rings. The van der Waals surface area contributed by atoms with Crippen molar-refractivity contribution in [2.45, 2.75) is 12.6 Å². The van der Waals surface area contributed by atoms with E-state index >= 15 is 0 Å². The first-order chi connectivity index (χ1) is 14.5. The molecule has 0 aliphatic carbocycles. The Balaban J connectivity index is 1.67. The third-order valence-electron chi connectivity index (χ3n) is 4.81. The Bertz CT molecular complexity index is 1200. The maximum atomic E-state index is 13.2. The first-order valence-corrected chi connectivity index (χ1v) is 9.38. The predicted octanol–water partition coefficient (Wildman–Crippen LogP) is 3.18. The molecule has 0 saturated carbocycles. The molecule has 3 N–H and O–H groups in total. The lowest BCUT2D eigenvalue weighted by Crippen LogP contribution is -2.37. The third-order valence-corrected chi connectivity index (χ3v) is 4.81. The summed E-state index contributed by atoms with van der Waals surface area (Å²) < 4.78 is 14.9. The summed E-state index contributed by atoms with van der Waals surface area (Å²) in [5.74, 6) is -1.48. The van der Waals surface area contributed by atoms with Crippen LogP contribution in [0.2, 0.25) is 0 Å². The smallest absolute Gasteiger partial charge is 0.273 e. The van der Waals surface area contributed by atoms with Crippen LogP contribution in [0.5, 0.6) is 0 Å². The van der Waals surface area contributed by atoms with Crippen molar-refractivity contribution in [3.63, 3.8) is 0 Å². The van der Waals surface area contributed by atoms with E-state index in [9.17, 15) is 14.0 Å². The van der Waals surface area contributed by atoms with Gasteiger partial charge < -0.3 is 11.1 Å². The first kappa shape index (κ1) is 19.3. The zero-order valence-corrected chi connectivity index (χ0v) is 16.0. The molecule has 1 unspecified atom stereocenters. The Morgan fingerprint density at radius 3 is 2.33 bits per heavy atom. The van der Waals surface area contributed by atoms with Gasteiger partial charge in [0.15, 0.2) is 5.69 Å². The molecule has 0 saturated heterocycles. The number of amides is 2. The summed E-state index contributed by atoms with van der Waals surface area (Å²) in [7, 11) is 0. The van der Waals surface area contributed by atoms with E-state index in [0.717, 1.165) is 11.1 Å². The summed E-state index contributed by atoms with van der Waals surface area (Å²) in [6.07, 6.45) is 0. The van der Waals surface area contributed by atoms with Crippen molar-refractivity contribution in [2.24, 2.45) is 5.73 Å². The highest BCUT2D eigenvalue weighted by molar-refractivity contribution is 6.06. The minimum absolute atomic E-state index is 0.190. The minimum atomic E-state index is -0.972. The SMILES string of the molecule is NC(=O)C(NC(=O)c1nn(Cc2ccc(F)cc2)c2ccccc12)c1ccccc1. The number of carbonyl (C=O) groups excluding carboxylic acids is 2. The number of hydrogen-bond acceptors (Lipinski definition) is 3. The fraction of sp³-hybridized carbons (Fsp3) is 0.0870. The lowest BCUT2D eigenvalue weighted by atomic mass is 10.1. The van der Waals surface area contributed by atoms with Crippen molar-refractivity contribution in [3.05, 3.63) is 102 Å².